The molecule has 0 saturated heterocycles. The summed E-state index contributed by atoms with van der Waals surface area (Å²) in [6.45, 7) is 1.63. The number of aliphatic carboxylic acids is 1. The van der Waals surface area contributed by atoms with Crippen LogP contribution < -0.4 is 0 Å². The second-order valence-electron chi connectivity index (χ2n) is 2.01. The number of hydrogen-bond donors (Lipinski definition) is 1. The summed E-state index contributed by atoms with van der Waals surface area (Å²) in [5.74, 6) is -0.891. The highest BCUT2D eigenvalue weighted by molar-refractivity contribution is 5.66. The number of rotatable bonds is 5. The van der Waals surface area contributed by atoms with Gasteiger partial charge in [0.15, 0.2) is 0 Å². The number of nitriles is 1. The van der Waals surface area contributed by atoms with Crippen LogP contribution in [0, 0.1) is 11.5 Å². The van der Waals surface area contributed by atoms with E-state index in [1.807, 2.05) is 0 Å². The molecule has 0 amide bonds. The Kier molecular flexibility index (Phi) is 4.86. The van der Waals surface area contributed by atoms with Crippen LogP contribution in [0.3, 0.4) is 0 Å². The van der Waals surface area contributed by atoms with E-state index in [2.05, 4.69) is 9.78 Å². The third-order valence-electron chi connectivity index (χ3n) is 1.01. The zero-order valence-electron chi connectivity index (χ0n) is 6.11. The Morgan fingerprint density at radius 2 is 2.45 bits per heavy atom. The van der Waals surface area contributed by atoms with Crippen LogP contribution in [-0.2, 0) is 14.6 Å². The molecule has 0 radical (unpaired) electrons. The number of carboxylic acids is 1. The Morgan fingerprint density at radius 3 is 2.91 bits per heavy atom. The lowest BCUT2D eigenvalue weighted by Crippen LogP contribution is -2.09. The van der Waals surface area contributed by atoms with Gasteiger partial charge in [-0.2, -0.15) is 4.89 Å². The number of hydrogen-bond acceptors (Lipinski definition) is 4. The summed E-state index contributed by atoms with van der Waals surface area (Å²) in [6, 6.07) is 0. The molecule has 62 valence electrons. The molecule has 0 spiro atoms. The number of nitrogens with zero attached hydrogens (tertiary/aromatic N) is 1. The standard InChI is InChI=1S/C6H9NO4/c1-5(11-10-4-7)2-3-6(8)9/h5H,2-3H2,1H3,(H,8,9). The van der Waals surface area contributed by atoms with Gasteiger partial charge >= 0.3 is 12.2 Å². The Hall–Kier alpha value is -1.28. The van der Waals surface area contributed by atoms with E-state index < -0.39 is 5.97 Å². The fourth-order valence-electron chi connectivity index (χ4n) is 0.479. The summed E-state index contributed by atoms with van der Waals surface area (Å²) in [6.07, 6.45) is 1.29. The molecule has 0 aromatic rings. The van der Waals surface area contributed by atoms with E-state index in [4.69, 9.17) is 10.4 Å². The maximum Gasteiger partial charge on any atom is 0.324 e. The number of carbonyl (C=O) groups is 1. The molecule has 1 atom stereocenters. The molecule has 0 bridgehead atoms. The van der Waals surface area contributed by atoms with Crippen molar-refractivity contribution in [1.29, 1.82) is 5.26 Å². The van der Waals surface area contributed by atoms with Gasteiger partial charge in [0.2, 0.25) is 0 Å². The smallest absolute Gasteiger partial charge is 0.324 e. The molecule has 0 aliphatic rings. The molecule has 0 heterocycles. The minimum absolute atomic E-state index is 0.00988. The van der Waals surface area contributed by atoms with Crippen LogP contribution in [0.2, 0.25) is 0 Å². The molecule has 5 heteroatoms. The zero-order chi connectivity index (χ0) is 8.69. The van der Waals surface area contributed by atoms with Crippen LogP contribution in [-0.4, -0.2) is 17.2 Å². The van der Waals surface area contributed by atoms with E-state index in [0.29, 0.717) is 6.42 Å². The molecule has 11 heavy (non-hydrogen) atoms. The first kappa shape index (κ1) is 9.72. The highest BCUT2D eigenvalue weighted by atomic mass is 17.2. The zero-order valence-corrected chi connectivity index (χ0v) is 6.11. The summed E-state index contributed by atoms with van der Waals surface area (Å²) in [5, 5.41) is 16.1. The van der Waals surface area contributed by atoms with Gasteiger partial charge in [0.1, 0.15) is 6.10 Å². The fraction of sp³-hybridized carbons (Fsp3) is 0.667. The summed E-state index contributed by atoms with van der Waals surface area (Å²) < 4.78 is 0. The van der Waals surface area contributed by atoms with E-state index in [0.717, 1.165) is 0 Å². The molecule has 0 aromatic heterocycles. The third kappa shape index (κ3) is 6.61. The summed E-state index contributed by atoms with van der Waals surface area (Å²) in [7, 11) is 0. The first-order chi connectivity index (χ1) is 5.16. The van der Waals surface area contributed by atoms with Gasteiger partial charge in [-0.1, -0.05) is 0 Å². The molecule has 0 aliphatic heterocycles. The van der Waals surface area contributed by atoms with Crippen molar-refractivity contribution in [3.8, 4) is 6.26 Å². The largest absolute Gasteiger partial charge is 0.481 e. The number of carboxylic acid groups (broad SMARTS) is 1. The summed E-state index contributed by atoms with van der Waals surface area (Å²) in [4.78, 5) is 18.4. The summed E-state index contributed by atoms with van der Waals surface area (Å²) >= 11 is 0. The van der Waals surface area contributed by atoms with Crippen LogP contribution in [0.15, 0.2) is 0 Å². The second-order valence-corrected chi connectivity index (χ2v) is 2.01. The SMILES string of the molecule is CC(CCC(=O)O)OOC#N. The average molecular weight is 159 g/mol. The van der Waals surface area contributed by atoms with Crippen molar-refractivity contribution in [3.63, 3.8) is 0 Å². The van der Waals surface area contributed by atoms with E-state index >= 15 is 0 Å². The minimum atomic E-state index is -0.891. The van der Waals surface area contributed by atoms with Crippen LogP contribution in [0.5, 0.6) is 0 Å². The monoisotopic (exact) mass is 159 g/mol. The quantitative estimate of drug-likeness (QED) is 0.362. The molecule has 0 fully saturated rings. The van der Waals surface area contributed by atoms with Crippen LogP contribution >= 0.6 is 0 Å². The molecule has 0 aliphatic carbocycles. The molecular weight excluding hydrogens is 150 g/mol. The van der Waals surface area contributed by atoms with Crippen molar-refractivity contribution in [2.45, 2.75) is 25.9 Å². The van der Waals surface area contributed by atoms with Crippen LogP contribution in [0.4, 0.5) is 0 Å². The van der Waals surface area contributed by atoms with E-state index in [1.54, 1.807) is 6.92 Å². The van der Waals surface area contributed by atoms with Gasteiger partial charge in [-0.05, 0) is 13.3 Å². The lowest BCUT2D eigenvalue weighted by Gasteiger charge is -2.04. The van der Waals surface area contributed by atoms with Gasteiger partial charge in [-0.15, -0.1) is 5.26 Å². The Bertz CT molecular complexity index is 162. The molecule has 5 nitrogen and oxygen atoms in total. The lowest BCUT2D eigenvalue weighted by atomic mass is 10.2. The predicted molar refractivity (Wildman–Crippen MR) is 34.1 cm³/mol. The first-order valence-corrected chi connectivity index (χ1v) is 3.10. The minimum Gasteiger partial charge on any atom is -0.481 e. The maximum atomic E-state index is 10.0. The maximum absolute atomic E-state index is 10.0. The van der Waals surface area contributed by atoms with Crippen molar-refractivity contribution in [3.05, 3.63) is 0 Å². The van der Waals surface area contributed by atoms with Crippen molar-refractivity contribution >= 4 is 5.97 Å². The van der Waals surface area contributed by atoms with Crippen molar-refractivity contribution in [2.75, 3.05) is 0 Å². The molecule has 0 saturated carbocycles. The fourth-order valence-corrected chi connectivity index (χ4v) is 0.479. The average Bonchev–Trinajstić information content (AvgIpc) is 1.97. The van der Waals surface area contributed by atoms with Crippen LogP contribution in [0.1, 0.15) is 19.8 Å². The topological polar surface area (TPSA) is 79.6 Å². The summed E-state index contributed by atoms with van der Waals surface area (Å²) in [5.41, 5.74) is 0. The van der Waals surface area contributed by atoms with Crippen molar-refractivity contribution in [1.82, 2.24) is 0 Å². The van der Waals surface area contributed by atoms with Crippen molar-refractivity contribution in [2.24, 2.45) is 0 Å². The Labute approximate surface area is 64.1 Å². The van der Waals surface area contributed by atoms with E-state index in [9.17, 15) is 4.79 Å². The van der Waals surface area contributed by atoms with Gasteiger partial charge in [0, 0.05) is 6.42 Å². The van der Waals surface area contributed by atoms with Gasteiger partial charge in [0.25, 0.3) is 0 Å². The predicted octanol–water partition coefficient (Wildman–Crippen LogP) is 0.669. The Morgan fingerprint density at radius 1 is 1.82 bits per heavy atom. The molecule has 1 N–H and O–H groups in total. The molecule has 1 unspecified atom stereocenters. The van der Waals surface area contributed by atoms with Gasteiger partial charge in [-0.3, -0.25) is 9.68 Å². The molecular formula is C6H9NO4. The Balaban J connectivity index is 3.31. The lowest BCUT2D eigenvalue weighted by molar-refractivity contribution is -0.270. The second kappa shape index (κ2) is 5.50. The third-order valence-corrected chi connectivity index (χ3v) is 1.01. The van der Waals surface area contributed by atoms with Gasteiger partial charge < -0.3 is 5.11 Å². The highest BCUT2D eigenvalue weighted by Crippen LogP contribution is 2.00. The highest BCUT2D eigenvalue weighted by Gasteiger charge is 2.06. The normalized spacial score (nSPS) is 11.6. The molecule has 0 rings (SSSR count). The van der Waals surface area contributed by atoms with Crippen molar-refractivity contribution < 1.29 is 19.7 Å². The van der Waals surface area contributed by atoms with E-state index in [1.165, 1.54) is 6.26 Å². The van der Waals surface area contributed by atoms with Crippen LogP contribution in [0.25, 0.3) is 0 Å². The molecule has 0 aromatic carbocycles. The first-order valence-electron chi connectivity index (χ1n) is 3.10. The van der Waals surface area contributed by atoms with Gasteiger partial charge in [0.05, 0.1) is 0 Å². The van der Waals surface area contributed by atoms with Gasteiger partial charge in [-0.25, -0.2) is 0 Å². The van der Waals surface area contributed by atoms with E-state index in [-0.39, 0.29) is 12.5 Å².